The van der Waals surface area contributed by atoms with E-state index in [1.165, 1.54) is 5.56 Å². The Hall–Kier alpha value is -1.94. The molecule has 1 fully saturated rings. The number of carboxylic acids is 1. The van der Waals surface area contributed by atoms with Crippen LogP contribution in [0.1, 0.15) is 31.2 Å². The lowest BCUT2D eigenvalue weighted by Crippen LogP contribution is -2.57. The standard InChI is InChI=1S/C18H21NO3/c20-14-6-9-18(10-7-14)11-8-15(17(21)22)19-16(18)12-13-4-2-1-3-5-13/h1-6,9,15-16,19H,7-8,10-12H2,(H,21,22). The molecule has 0 aromatic heterocycles. The largest absolute Gasteiger partial charge is 0.480 e. The minimum Gasteiger partial charge on any atom is -0.480 e. The Balaban J connectivity index is 1.86. The highest BCUT2D eigenvalue weighted by molar-refractivity contribution is 5.90. The first kappa shape index (κ1) is 15.0. The summed E-state index contributed by atoms with van der Waals surface area (Å²) in [7, 11) is 0. The Morgan fingerprint density at radius 3 is 2.68 bits per heavy atom. The van der Waals surface area contributed by atoms with Crippen LogP contribution >= 0.6 is 0 Å². The third kappa shape index (κ3) is 2.97. The average Bonchev–Trinajstić information content (AvgIpc) is 2.53. The van der Waals surface area contributed by atoms with Crippen LogP contribution in [-0.4, -0.2) is 28.9 Å². The van der Waals surface area contributed by atoms with E-state index in [2.05, 4.69) is 17.4 Å². The van der Waals surface area contributed by atoms with E-state index in [9.17, 15) is 14.7 Å². The number of hydrogen-bond donors (Lipinski definition) is 2. The van der Waals surface area contributed by atoms with Crippen molar-refractivity contribution in [2.24, 2.45) is 5.41 Å². The van der Waals surface area contributed by atoms with Crippen LogP contribution in [-0.2, 0) is 16.0 Å². The second-order valence-corrected chi connectivity index (χ2v) is 6.37. The lowest BCUT2D eigenvalue weighted by molar-refractivity contribution is -0.141. The van der Waals surface area contributed by atoms with Gasteiger partial charge in [-0.25, -0.2) is 0 Å². The molecular formula is C18H21NO3. The van der Waals surface area contributed by atoms with Gasteiger partial charge in [-0.15, -0.1) is 0 Å². The Morgan fingerprint density at radius 1 is 1.27 bits per heavy atom. The van der Waals surface area contributed by atoms with Gasteiger partial charge in [-0.2, -0.15) is 0 Å². The number of nitrogens with one attached hydrogen (secondary N) is 1. The van der Waals surface area contributed by atoms with Gasteiger partial charge in [-0.05, 0) is 37.3 Å². The first-order valence-corrected chi connectivity index (χ1v) is 7.84. The van der Waals surface area contributed by atoms with Crippen molar-refractivity contribution in [3.63, 3.8) is 0 Å². The monoisotopic (exact) mass is 299 g/mol. The minimum atomic E-state index is -0.788. The molecule has 4 heteroatoms. The Kier molecular flexibility index (Phi) is 4.12. The number of piperidine rings is 1. The van der Waals surface area contributed by atoms with Gasteiger partial charge in [0.25, 0.3) is 0 Å². The van der Waals surface area contributed by atoms with E-state index in [4.69, 9.17) is 0 Å². The highest BCUT2D eigenvalue weighted by atomic mass is 16.4. The molecule has 1 heterocycles. The molecule has 3 atom stereocenters. The van der Waals surface area contributed by atoms with Crippen molar-refractivity contribution in [1.29, 1.82) is 0 Å². The fourth-order valence-electron chi connectivity index (χ4n) is 3.67. The maximum absolute atomic E-state index is 11.5. The molecule has 0 saturated carbocycles. The molecule has 0 bridgehead atoms. The van der Waals surface area contributed by atoms with E-state index in [-0.39, 0.29) is 17.2 Å². The van der Waals surface area contributed by atoms with Crippen LogP contribution in [0.5, 0.6) is 0 Å². The van der Waals surface area contributed by atoms with E-state index < -0.39 is 12.0 Å². The first-order valence-electron chi connectivity index (χ1n) is 7.84. The third-order valence-electron chi connectivity index (χ3n) is 5.01. The number of carbonyl (C=O) groups excluding carboxylic acids is 1. The highest BCUT2D eigenvalue weighted by Crippen LogP contribution is 2.42. The smallest absolute Gasteiger partial charge is 0.320 e. The molecule has 22 heavy (non-hydrogen) atoms. The number of rotatable bonds is 3. The van der Waals surface area contributed by atoms with E-state index >= 15 is 0 Å². The van der Waals surface area contributed by atoms with Crippen molar-refractivity contribution in [3.05, 3.63) is 48.0 Å². The van der Waals surface area contributed by atoms with Crippen molar-refractivity contribution in [2.45, 2.75) is 44.2 Å². The zero-order chi connectivity index (χ0) is 15.6. The number of hydrogen-bond acceptors (Lipinski definition) is 3. The zero-order valence-corrected chi connectivity index (χ0v) is 12.5. The van der Waals surface area contributed by atoms with Crippen molar-refractivity contribution >= 4 is 11.8 Å². The Bertz CT molecular complexity index is 596. The van der Waals surface area contributed by atoms with Crippen LogP contribution in [0.4, 0.5) is 0 Å². The van der Waals surface area contributed by atoms with E-state index in [1.807, 2.05) is 24.3 Å². The zero-order valence-electron chi connectivity index (χ0n) is 12.5. The average molecular weight is 299 g/mol. The van der Waals surface area contributed by atoms with Crippen molar-refractivity contribution in [3.8, 4) is 0 Å². The maximum atomic E-state index is 11.5. The predicted molar refractivity (Wildman–Crippen MR) is 83.5 cm³/mol. The SMILES string of the molecule is O=C1C=CC2(CC1)CCC(C(=O)O)NC2Cc1ccccc1. The van der Waals surface area contributed by atoms with Crippen molar-refractivity contribution < 1.29 is 14.7 Å². The van der Waals surface area contributed by atoms with Gasteiger partial charge in [0.1, 0.15) is 6.04 Å². The molecule has 1 spiro atoms. The fraction of sp³-hybridized carbons (Fsp3) is 0.444. The third-order valence-corrected chi connectivity index (χ3v) is 5.01. The van der Waals surface area contributed by atoms with Gasteiger partial charge >= 0.3 is 5.97 Å². The van der Waals surface area contributed by atoms with Crippen molar-refractivity contribution in [1.82, 2.24) is 5.32 Å². The topological polar surface area (TPSA) is 66.4 Å². The second kappa shape index (κ2) is 6.05. The summed E-state index contributed by atoms with van der Waals surface area (Å²) in [5, 5.41) is 12.6. The summed E-state index contributed by atoms with van der Waals surface area (Å²) in [5.41, 5.74) is 1.09. The van der Waals surface area contributed by atoms with E-state index in [1.54, 1.807) is 6.08 Å². The van der Waals surface area contributed by atoms with Crippen LogP contribution in [0.2, 0.25) is 0 Å². The highest BCUT2D eigenvalue weighted by Gasteiger charge is 2.44. The van der Waals surface area contributed by atoms with Gasteiger partial charge in [0.2, 0.25) is 0 Å². The normalized spacial score (nSPS) is 31.4. The molecule has 1 saturated heterocycles. The Labute approximate surface area is 130 Å². The van der Waals surface area contributed by atoms with Gasteiger partial charge in [0.15, 0.2) is 5.78 Å². The molecule has 3 rings (SSSR count). The summed E-state index contributed by atoms with van der Waals surface area (Å²) < 4.78 is 0. The van der Waals surface area contributed by atoms with Crippen LogP contribution in [0.25, 0.3) is 0 Å². The van der Waals surface area contributed by atoms with Gasteiger partial charge in [0.05, 0.1) is 0 Å². The Morgan fingerprint density at radius 2 is 2.05 bits per heavy atom. The molecular weight excluding hydrogens is 278 g/mol. The number of allylic oxidation sites excluding steroid dienone is 1. The van der Waals surface area contributed by atoms with Crippen molar-refractivity contribution in [2.75, 3.05) is 0 Å². The van der Waals surface area contributed by atoms with Crippen LogP contribution in [0.15, 0.2) is 42.5 Å². The summed E-state index contributed by atoms with van der Waals surface area (Å²) >= 11 is 0. The quantitative estimate of drug-likeness (QED) is 0.899. The van der Waals surface area contributed by atoms with Crippen LogP contribution in [0, 0.1) is 5.41 Å². The molecule has 4 nitrogen and oxygen atoms in total. The summed E-state index contributed by atoms with van der Waals surface area (Å²) in [6, 6.07) is 9.67. The van der Waals surface area contributed by atoms with Gasteiger partial charge in [-0.3, -0.25) is 9.59 Å². The molecule has 0 radical (unpaired) electrons. The minimum absolute atomic E-state index is 0.0501. The molecule has 1 aliphatic heterocycles. The molecule has 0 amide bonds. The number of ketones is 1. The molecule has 1 aliphatic carbocycles. The molecule has 116 valence electrons. The van der Waals surface area contributed by atoms with Gasteiger partial charge < -0.3 is 10.4 Å². The maximum Gasteiger partial charge on any atom is 0.320 e. The number of carbonyl (C=O) groups is 2. The predicted octanol–water partition coefficient (Wildman–Crippen LogP) is 2.34. The second-order valence-electron chi connectivity index (χ2n) is 6.37. The molecule has 1 aromatic carbocycles. The number of aliphatic carboxylic acids is 1. The molecule has 1 aromatic rings. The van der Waals surface area contributed by atoms with E-state index in [0.717, 1.165) is 19.3 Å². The first-order chi connectivity index (χ1) is 10.6. The number of carboxylic acid groups (broad SMARTS) is 1. The summed E-state index contributed by atoms with van der Waals surface area (Å²) in [6.07, 6.45) is 7.28. The molecule has 2 aliphatic rings. The van der Waals surface area contributed by atoms with Crippen LogP contribution in [0.3, 0.4) is 0 Å². The van der Waals surface area contributed by atoms with E-state index in [0.29, 0.717) is 12.8 Å². The van der Waals surface area contributed by atoms with Gasteiger partial charge in [-0.1, -0.05) is 36.4 Å². The lowest BCUT2D eigenvalue weighted by Gasteiger charge is -2.46. The molecule has 2 N–H and O–H groups in total. The van der Waals surface area contributed by atoms with Crippen LogP contribution < -0.4 is 5.32 Å². The number of benzene rings is 1. The fourth-order valence-corrected chi connectivity index (χ4v) is 3.67. The summed E-state index contributed by atoms with van der Waals surface area (Å²) in [6.45, 7) is 0. The summed E-state index contributed by atoms with van der Waals surface area (Å²) in [5.74, 6) is -0.617. The lowest BCUT2D eigenvalue weighted by atomic mass is 9.65. The summed E-state index contributed by atoms with van der Waals surface area (Å²) in [4.78, 5) is 22.9. The molecule has 3 unspecified atom stereocenters. The van der Waals surface area contributed by atoms with Gasteiger partial charge in [0, 0.05) is 17.9 Å².